The smallest absolute Gasteiger partial charge is 0.333 e. The zero-order valence-electron chi connectivity index (χ0n) is 11.9. The number of nitro groups is 1. The van der Waals surface area contributed by atoms with Crippen molar-refractivity contribution in [2.24, 2.45) is 0 Å². The molecule has 0 saturated carbocycles. The van der Waals surface area contributed by atoms with Crippen molar-refractivity contribution in [3.05, 3.63) is 28.3 Å². The van der Waals surface area contributed by atoms with Crippen LogP contribution in [-0.2, 0) is 10.8 Å². The molecule has 0 bridgehead atoms. The lowest BCUT2D eigenvalue weighted by molar-refractivity contribution is -0.385. The van der Waals surface area contributed by atoms with Crippen molar-refractivity contribution in [3.8, 4) is 5.75 Å². The highest BCUT2D eigenvalue weighted by Crippen LogP contribution is 2.34. The summed E-state index contributed by atoms with van der Waals surface area (Å²) in [5.74, 6) is 0.257. The Bertz CT molecular complexity index is 493. The van der Waals surface area contributed by atoms with Gasteiger partial charge in [-0.1, -0.05) is 13.0 Å². The van der Waals surface area contributed by atoms with E-state index >= 15 is 0 Å². The Morgan fingerprint density at radius 1 is 1.50 bits per heavy atom. The van der Waals surface area contributed by atoms with Gasteiger partial charge in [-0.3, -0.25) is 14.3 Å². The number of ether oxygens (including phenoxy) is 1. The summed E-state index contributed by atoms with van der Waals surface area (Å²) in [6.45, 7) is 4.60. The molecule has 0 aliphatic heterocycles. The third kappa shape index (κ3) is 4.48. The molecule has 0 spiro atoms. The minimum Gasteiger partial charge on any atom is -0.487 e. The Morgan fingerprint density at radius 2 is 2.20 bits per heavy atom. The Labute approximate surface area is 121 Å². The van der Waals surface area contributed by atoms with E-state index in [0.717, 1.165) is 6.42 Å². The largest absolute Gasteiger partial charge is 0.487 e. The van der Waals surface area contributed by atoms with E-state index in [4.69, 9.17) is 4.74 Å². The van der Waals surface area contributed by atoms with Crippen molar-refractivity contribution in [3.63, 3.8) is 0 Å². The molecule has 6 nitrogen and oxygen atoms in total. The summed E-state index contributed by atoms with van der Waals surface area (Å²) < 4.78 is 16.7. The van der Waals surface area contributed by atoms with Crippen LogP contribution in [0.1, 0.15) is 20.3 Å². The van der Waals surface area contributed by atoms with Crippen LogP contribution in [-0.4, -0.2) is 33.8 Å². The van der Waals surface area contributed by atoms with Crippen LogP contribution in [0.4, 0.5) is 11.4 Å². The van der Waals surface area contributed by atoms with Crippen LogP contribution in [0.2, 0.25) is 0 Å². The average molecular weight is 300 g/mol. The van der Waals surface area contributed by atoms with Gasteiger partial charge in [-0.25, -0.2) is 0 Å². The first-order valence-corrected chi connectivity index (χ1v) is 8.05. The highest BCUT2D eigenvalue weighted by molar-refractivity contribution is 7.84. The van der Waals surface area contributed by atoms with Gasteiger partial charge in [0.25, 0.3) is 0 Å². The van der Waals surface area contributed by atoms with Gasteiger partial charge in [0.05, 0.1) is 11.5 Å². The van der Waals surface area contributed by atoms with Crippen molar-refractivity contribution in [1.82, 2.24) is 0 Å². The maximum Gasteiger partial charge on any atom is 0.333 e. The topological polar surface area (TPSA) is 81.5 Å². The number of hydrogen-bond acceptors (Lipinski definition) is 5. The predicted octanol–water partition coefficient (Wildman–Crippen LogP) is 2.56. The molecule has 7 heteroatoms. The third-order valence-corrected chi connectivity index (χ3v) is 4.09. The van der Waals surface area contributed by atoms with E-state index in [1.807, 2.05) is 13.8 Å². The molecule has 2 unspecified atom stereocenters. The molecule has 2 atom stereocenters. The van der Waals surface area contributed by atoms with E-state index in [1.54, 1.807) is 24.5 Å². The van der Waals surface area contributed by atoms with Gasteiger partial charge in [-0.15, -0.1) is 0 Å². The number of rotatable bonds is 8. The van der Waals surface area contributed by atoms with Gasteiger partial charge < -0.3 is 10.1 Å². The fraction of sp³-hybridized carbons (Fsp3) is 0.538. The molecule has 0 radical (unpaired) electrons. The zero-order chi connectivity index (χ0) is 15.1. The van der Waals surface area contributed by atoms with E-state index in [9.17, 15) is 14.3 Å². The molecule has 0 amide bonds. The monoisotopic (exact) mass is 300 g/mol. The second-order valence-electron chi connectivity index (χ2n) is 4.45. The summed E-state index contributed by atoms with van der Waals surface area (Å²) in [6, 6.07) is 4.91. The van der Waals surface area contributed by atoms with Crippen LogP contribution in [0.5, 0.6) is 5.75 Å². The number of benzene rings is 1. The van der Waals surface area contributed by atoms with Crippen molar-refractivity contribution in [1.29, 1.82) is 0 Å². The van der Waals surface area contributed by atoms with E-state index in [1.165, 1.54) is 0 Å². The molecular formula is C13H20N2O4S. The summed E-state index contributed by atoms with van der Waals surface area (Å²) in [5, 5.41) is 14.1. The Hall–Kier alpha value is -1.63. The summed E-state index contributed by atoms with van der Waals surface area (Å²) >= 11 is 0. The maximum absolute atomic E-state index is 11.3. The van der Waals surface area contributed by atoms with Gasteiger partial charge in [0.15, 0.2) is 5.75 Å². The van der Waals surface area contributed by atoms with Gasteiger partial charge in [-0.2, -0.15) is 0 Å². The van der Waals surface area contributed by atoms with Gasteiger partial charge in [-0.05, 0) is 25.5 Å². The van der Waals surface area contributed by atoms with Crippen LogP contribution in [0.25, 0.3) is 0 Å². The molecule has 20 heavy (non-hydrogen) atoms. The first-order valence-electron chi connectivity index (χ1n) is 6.43. The van der Waals surface area contributed by atoms with E-state index in [-0.39, 0.29) is 16.7 Å². The maximum atomic E-state index is 11.3. The molecular weight excluding hydrogens is 280 g/mol. The Morgan fingerprint density at radius 3 is 2.75 bits per heavy atom. The molecule has 112 valence electrons. The molecule has 1 aromatic rings. The molecule has 1 N–H and O–H groups in total. The van der Waals surface area contributed by atoms with Crippen molar-refractivity contribution < 1.29 is 13.9 Å². The highest BCUT2D eigenvalue weighted by Gasteiger charge is 2.21. The minimum atomic E-state index is -0.975. The van der Waals surface area contributed by atoms with Gasteiger partial charge in [0.1, 0.15) is 5.69 Å². The Balaban J connectivity index is 2.94. The predicted molar refractivity (Wildman–Crippen MR) is 80.9 cm³/mol. The summed E-state index contributed by atoms with van der Waals surface area (Å²) in [5.41, 5.74) is 0.316. The lowest BCUT2D eigenvalue weighted by Crippen LogP contribution is -2.21. The van der Waals surface area contributed by atoms with E-state index in [2.05, 4.69) is 5.32 Å². The SMILES string of the molecule is CCCOc1cccc(NCC(C)S(C)=O)c1[N+](=O)[O-]. The lowest BCUT2D eigenvalue weighted by atomic mass is 10.2. The lowest BCUT2D eigenvalue weighted by Gasteiger charge is -2.13. The summed E-state index contributed by atoms with van der Waals surface area (Å²) in [4.78, 5) is 10.8. The average Bonchev–Trinajstić information content (AvgIpc) is 2.41. The van der Waals surface area contributed by atoms with Crippen LogP contribution >= 0.6 is 0 Å². The number of hydrogen-bond donors (Lipinski definition) is 1. The Kier molecular flexibility index (Phi) is 6.44. The fourth-order valence-electron chi connectivity index (χ4n) is 1.55. The second kappa shape index (κ2) is 7.84. The number of nitrogens with one attached hydrogen (secondary N) is 1. The molecule has 0 aromatic heterocycles. The van der Waals surface area contributed by atoms with Crippen LogP contribution in [0.3, 0.4) is 0 Å². The first kappa shape index (κ1) is 16.4. The van der Waals surface area contributed by atoms with E-state index < -0.39 is 15.7 Å². The molecule has 0 fully saturated rings. The van der Waals surface area contributed by atoms with Crippen molar-refractivity contribution >= 4 is 22.2 Å². The van der Waals surface area contributed by atoms with Gasteiger partial charge in [0, 0.05) is 28.9 Å². The minimum absolute atomic E-state index is 0.0740. The molecule has 0 aliphatic carbocycles. The first-order chi connectivity index (χ1) is 9.47. The highest BCUT2D eigenvalue weighted by atomic mass is 32.2. The van der Waals surface area contributed by atoms with Crippen molar-refractivity contribution in [2.75, 3.05) is 24.7 Å². The second-order valence-corrected chi connectivity index (χ2v) is 6.25. The molecule has 1 rings (SSSR count). The summed E-state index contributed by atoms with van der Waals surface area (Å²) in [6.07, 6.45) is 2.39. The van der Waals surface area contributed by atoms with Crippen LogP contribution < -0.4 is 10.1 Å². The number of anilines is 1. The quantitative estimate of drug-likeness (QED) is 0.589. The van der Waals surface area contributed by atoms with E-state index in [0.29, 0.717) is 18.8 Å². The zero-order valence-corrected chi connectivity index (χ0v) is 12.7. The molecule has 1 aromatic carbocycles. The normalized spacial score (nSPS) is 13.6. The number of nitro benzene ring substituents is 1. The van der Waals surface area contributed by atoms with Gasteiger partial charge >= 0.3 is 5.69 Å². The summed E-state index contributed by atoms with van der Waals surface area (Å²) in [7, 11) is -0.975. The standard InChI is InChI=1S/C13H20N2O4S/c1-4-8-19-12-7-5-6-11(13(12)15(16)17)14-9-10(2)20(3)18/h5-7,10,14H,4,8-9H2,1-3H3. The molecule has 0 saturated heterocycles. The van der Waals surface area contributed by atoms with Crippen LogP contribution in [0.15, 0.2) is 18.2 Å². The van der Waals surface area contributed by atoms with Crippen molar-refractivity contribution in [2.45, 2.75) is 25.5 Å². The fourth-order valence-corrected chi connectivity index (χ4v) is 1.87. The molecule has 0 heterocycles. The molecule has 0 aliphatic rings. The van der Waals surface area contributed by atoms with Crippen LogP contribution in [0, 0.1) is 10.1 Å². The number of para-hydroxylation sites is 1. The number of nitrogens with zero attached hydrogens (tertiary/aromatic N) is 1. The van der Waals surface area contributed by atoms with Gasteiger partial charge in [0.2, 0.25) is 0 Å². The third-order valence-electron chi connectivity index (χ3n) is 2.79.